The molecule has 0 bridgehead atoms. The summed E-state index contributed by atoms with van der Waals surface area (Å²) in [5, 5.41) is 11.0. The van der Waals surface area contributed by atoms with Gasteiger partial charge in [-0.05, 0) is 65.7 Å². The molecule has 0 N–H and O–H groups in total. The van der Waals surface area contributed by atoms with E-state index in [4.69, 9.17) is 14.2 Å². The number of nitro groups is 1. The van der Waals surface area contributed by atoms with Crippen molar-refractivity contribution in [3.8, 4) is 11.5 Å². The number of hydrogen-bond donors (Lipinski definition) is 0. The van der Waals surface area contributed by atoms with E-state index in [-0.39, 0.29) is 17.3 Å². The second kappa shape index (κ2) is 9.57. The largest absolute Gasteiger partial charge is 0.490 e. The van der Waals surface area contributed by atoms with E-state index >= 15 is 0 Å². The van der Waals surface area contributed by atoms with Gasteiger partial charge < -0.3 is 14.2 Å². The van der Waals surface area contributed by atoms with E-state index in [1.165, 1.54) is 12.1 Å². The molecule has 0 fully saturated rings. The molecular weight excluding hydrogens is 468 g/mol. The zero-order valence-corrected chi connectivity index (χ0v) is 18.5. The fourth-order valence-corrected chi connectivity index (χ4v) is 3.47. The molecular formula is C22H19BrN2O6. The first-order chi connectivity index (χ1) is 14.8. The van der Waals surface area contributed by atoms with E-state index in [2.05, 4.69) is 27.5 Å². The van der Waals surface area contributed by atoms with Gasteiger partial charge in [0.15, 0.2) is 17.2 Å². The Kier molecular flexibility index (Phi) is 6.86. The molecule has 31 heavy (non-hydrogen) atoms. The summed E-state index contributed by atoms with van der Waals surface area (Å²) in [6, 6.07) is 7.91. The number of hydrogen-bond acceptors (Lipinski definition) is 7. The maximum absolute atomic E-state index is 12.3. The minimum Gasteiger partial charge on any atom is -0.490 e. The highest BCUT2D eigenvalue weighted by molar-refractivity contribution is 9.10. The Morgan fingerprint density at radius 2 is 2.06 bits per heavy atom. The predicted molar refractivity (Wildman–Crippen MR) is 119 cm³/mol. The van der Waals surface area contributed by atoms with Crippen molar-refractivity contribution in [3.63, 3.8) is 0 Å². The Balaban J connectivity index is 1.95. The summed E-state index contributed by atoms with van der Waals surface area (Å²) < 4.78 is 17.2. The van der Waals surface area contributed by atoms with Gasteiger partial charge in [-0.25, -0.2) is 9.79 Å². The summed E-state index contributed by atoms with van der Waals surface area (Å²) in [5.74, 6) is 0.506. The number of ether oxygens (including phenoxy) is 3. The quantitative estimate of drug-likeness (QED) is 0.171. The maximum Gasteiger partial charge on any atom is 0.363 e. The van der Waals surface area contributed by atoms with Crippen LogP contribution in [0.1, 0.15) is 23.6 Å². The van der Waals surface area contributed by atoms with Crippen molar-refractivity contribution in [1.82, 2.24) is 0 Å². The van der Waals surface area contributed by atoms with Crippen LogP contribution in [0.25, 0.3) is 6.08 Å². The van der Waals surface area contributed by atoms with E-state index in [0.29, 0.717) is 45.9 Å². The van der Waals surface area contributed by atoms with Gasteiger partial charge in [0.1, 0.15) is 6.61 Å². The molecule has 0 aromatic heterocycles. The van der Waals surface area contributed by atoms with Gasteiger partial charge in [0.25, 0.3) is 5.69 Å². The standard InChI is InChI=1S/C22H19BrN2O6/c1-4-8-30-20-16(23)10-14(12-19(20)29-5-2)11-17-22(26)31-21(24-17)15-6-7-18(25(27)28)13(3)9-15/h4,6-7,9-12H,1,5,8H2,2-3H3/b17-11-. The summed E-state index contributed by atoms with van der Waals surface area (Å²) in [5.41, 5.74) is 1.65. The van der Waals surface area contributed by atoms with Crippen LogP contribution in [0, 0.1) is 17.0 Å². The van der Waals surface area contributed by atoms with E-state index < -0.39 is 10.9 Å². The predicted octanol–water partition coefficient (Wildman–Crippen LogP) is 4.97. The van der Waals surface area contributed by atoms with Gasteiger partial charge in [0, 0.05) is 17.2 Å². The van der Waals surface area contributed by atoms with Crippen LogP contribution in [0.5, 0.6) is 11.5 Å². The fraction of sp³-hybridized carbons (Fsp3) is 0.182. The Hall–Kier alpha value is -3.46. The fourth-order valence-electron chi connectivity index (χ4n) is 2.90. The molecule has 1 heterocycles. The lowest BCUT2D eigenvalue weighted by molar-refractivity contribution is -0.385. The average molecular weight is 487 g/mol. The van der Waals surface area contributed by atoms with E-state index in [1.54, 1.807) is 37.3 Å². The normalized spacial score (nSPS) is 14.2. The first-order valence-electron chi connectivity index (χ1n) is 9.32. The SMILES string of the molecule is C=CCOc1c(Br)cc(/C=C2\N=C(c3ccc([N+](=O)[O-])c(C)c3)OC2=O)cc1OCC. The molecule has 3 rings (SSSR count). The van der Waals surface area contributed by atoms with Gasteiger partial charge in [-0.15, -0.1) is 0 Å². The Bertz CT molecular complexity index is 1120. The highest BCUT2D eigenvalue weighted by atomic mass is 79.9. The first kappa shape index (κ1) is 22.2. The number of nitrogens with zero attached hydrogens (tertiary/aromatic N) is 2. The number of rotatable bonds is 8. The van der Waals surface area contributed by atoms with Crippen molar-refractivity contribution >= 4 is 39.6 Å². The van der Waals surface area contributed by atoms with Gasteiger partial charge in [-0.2, -0.15) is 0 Å². The van der Waals surface area contributed by atoms with Crippen molar-refractivity contribution in [2.75, 3.05) is 13.2 Å². The molecule has 1 aliphatic rings. The monoisotopic (exact) mass is 486 g/mol. The highest BCUT2D eigenvalue weighted by Crippen LogP contribution is 2.38. The topological polar surface area (TPSA) is 100 Å². The van der Waals surface area contributed by atoms with Gasteiger partial charge >= 0.3 is 5.97 Å². The smallest absolute Gasteiger partial charge is 0.363 e. The summed E-state index contributed by atoms with van der Waals surface area (Å²) in [4.78, 5) is 27.1. The van der Waals surface area contributed by atoms with Crippen LogP contribution in [0.15, 0.2) is 58.1 Å². The molecule has 0 radical (unpaired) electrons. The number of benzene rings is 2. The number of esters is 1. The molecule has 0 spiro atoms. The third-order valence-electron chi connectivity index (χ3n) is 4.24. The van der Waals surface area contributed by atoms with Crippen LogP contribution in [-0.4, -0.2) is 30.0 Å². The zero-order valence-electron chi connectivity index (χ0n) is 16.9. The minimum atomic E-state index is -0.618. The third-order valence-corrected chi connectivity index (χ3v) is 4.83. The maximum atomic E-state index is 12.3. The summed E-state index contributed by atoms with van der Waals surface area (Å²) in [7, 11) is 0. The molecule has 0 atom stereocenters. The molecule has 0 aliphatic carbocycles. The molecule has 8 nitrogen and oxygen atoms in total. The minimum absolute atomic E-state index is 0.0171. The second-order valence-corrected chi connectivity index (χ2v) is 7.31. The van der Waals surface area contributed by atoms with Crippen LogP contribution in [0.3, 0.4) is 0 Å². The Morgan fingerprint density at radius 1 is 1.29 bits per heavy atom. The van der Waals surface area contributed by atoms with E-state index in [9.17, 15) is 14.9 Å². The molecule has 160 valence electrons. The molecule has 1 aliphatic heterocycles. The van der Waals surface area contributed by atoms with Gasteiger partial charge in [0.2, 0.25) is 5.90 Å². The molecule has 0 saturated carbocycles. The summed E-state index contributed by atoms with van der Waals surface area (Å²) >= 11 is 3.46. The van der Waals surface area contributed by atoms with Crippen molar-refractivity contribution in [1.29, 1.82) is 0 Å². The molecule has 0 saturated heterocycles. The lowest BCUT2D eigenvalue weighted by Gasteiger charge is -2.13. The van der Waals surface area contributed by atoms with Crippen molar-refractivity contribution < 1.29 is 23.9 Å². The zero-order chi connectivity index (χ0) is 22.5. The van der Waals surface area contributed by atoms with Gasteiger partial charge in [0.05, 0.1) is 16.0 Å². The number of nitro benzene ring substituents is 1. The summed E-state index contributed by atoms with van der Waals surface area (Å²) in [6.45, 7) is 7.84. The molecule has 2 aromatic rings. The summed E-state index contributed by atoms with van der Waals surface area (Å²) in [6.07, 6.45) is 3.20. The van der Waals surface area contributed by atoms with Crippen LogP contribution in [0.4, 0.5) is 5.69 Å². The van der Waals surface area contributed by atoms with Crippen LogP contribution >= 0.6 is 15.9 Å². The lowest BCUT2D eigenvalue weighted by Crippen LogP contribution is -2.06. The molecule has 0 amide bonds. The second-order valence-electron chi connectivity index (χ2n) is 6.46. The number of aliphatic imine (C=N–C) groups is 1. The first-order valence-corrected chi connectivity index (χ1v) is 10.1. The number of aryl methyl sites for hydroxylation is 1. The van der Waals surface area contributed by atoms with Crippen molar-refractivity contribution in [2.45, 2.75) is 13.8 Å². The van der Waals surface area contributed by atoms with Crippen molar-refractivity contribution in [3.05, 3.63) is 80.0 Å². The van der Waals surface area contributed by atoms with Crippen LogP contribution in [-0.2, 0) is 9.53 Å². The molecule has 0 unspecified atom stereocenters. The van der Waals surface area contributed by atoms with Gasteiger partial charge in [-0.3, -0.25) is 10.1 Å². The number of halogens is 1. The Morgan fingerprint density at radius 3 is 2.71 bits per heavy atom. The number of carbonyl (C=O) groups excluding carboxylic acids is 1. The van der Waals surface area contributed by atoms with Crippen LogP contribution in [0.2, 0.25) is 0 Å². The van der Waals surface area contributed by atoms with Crippen molar-refractivity contribution in [2.24, 2.45) is 4.99 Å². The number of carbonyl (C=O) groups is 1. The Labute approximate surface area is 187 Å². The van der Waals surface area contributed by atoms with E-state index in [0.717, 1.165) is 0 Å². The average Bonchev–Trinajstić information content (AvgIpc) is 3.07. The molecule has 2 aromatic carbocycles. The van der Waals surface area contributed by atoms with Crippen LogP contribution < -0.4 is 9.47 Å². The molecule has 9 heteroatoms. The lowest BCUT2D eigenvalue weighted by atomic mass is 10.1. The third kappa shape index (κ3) is 5.00. The van der Waals surface area contributed by atoms with Gasteiger partial charge in [-0.1, -0.05) is 12.7 Å². The number of cyclic esters (lactones) is 1. The van der Waals surface area contributed by atoms with E-state index in [1.807, 2.05) is 6.92 Å². The highest BCUT2D eigenvalue weighted by Gasteiger charge is 2.25.